The number of rotatable bonds is 8. The number of halogens is 3. The summed E-state index contributed by atoms with van der Waals surface area (Å²) in [5.41, 5.74) is 1.04. The lowest BCUT2D eigenvalue weighted by Gasteiger charge is -2.32. The Morgan fingerprint density at radius 3 is 2.62 bits per heavy atom. The van der Waals surface area contributed by atoms with Gasteiger partial charge in [-0.25, -0.2) is 13.8 Å². The normalized spacial score (nSPS) is 19.8. The summed E-state index contributed by atoms with van der Waals surface area (Å²) >= 11 is 0. The summed E-state index contributed by atoms with van der Waals surface area (Å²) in [6.07, 6.45) is 0.778. The molecule has 5 rings (SSSR count). The number of hydrogen-bond donors (Lipinski definition) is 2. The lowest BCUT2D eigenvalue weighted by Crippen LogP contribution is -2.44. The van der Waals surface area contributed by atoms with Gasteiger partial charge in [-0.15, -0.1) is 12.4 Å². The third-order valence-electron chi connectivity index (χ3n) is 6.86. The van der Waals surface area contributed by atoms with E-state index in [-0.39, 0.29) is 36.2 Å². The second-order valence-electron chi connectivity index (χ2n) is 10.1. The zero-order chi connectivity index (χ0) is 26.6. The predicted octanol–water partition coefficient (Wildman–Crippen LogP) is 3.41. The van der Waals surface area contributed by atoms with Crippen LogP contribution in [-0.4, -0.2) is 89.4 Å². The topological polar surface area (TPSA) is 100 Å². The number of amides is 1. The highest BCUT2D eigenvalue weighted by atomic mass is 35.5. The van der Waals surface area contributed by atoms with E-state index in [0.29, 0.717) is 61.5 Å². The molecular formula is C26H35ClF2N8O2. The molecule has 0 unspecified atom stereocenters. The molecule has 1 aromatic carbocycles. The molecular weight excluding hydrogens is 530 g/mol. The first-order valence-corrected chi connectivity index (χ1v) is 13.1. The number of fused-ring (bicyclic) bond motifs is 1. The number of benzene rings is 1. The molecule has 0 bridgehead atoms. The molecule has 0 radical (unpaired) electrons. The summed E-state index contributed by atoms with van der Waals surface area (Å²) in [5.74, 6) is 0.994. The lowest BCUT2D eigenvalue weighted by atomic mass is 9.91. The van der Waals surface area contributed by atoms with Gasteiger partial charge in [0.25, 0.3) is 6.43 Å². The molecule has 13 heteroatoms. The second kappa shape index (κ2) is 12.8. The van der Waals surface area contributed by atoms with Crippen LogP contribution in [0.4, 0.5) is 20.5 Å². The van der Waals surface area contributed by atoms with E-state index in [1.54, 1.807) is 30.3 Å². The molecule has 39 heavy (non-hydrogen) atoms. The van der Waals surface area contributed by atoms with Gasteiger partial charge in [0.1, 0.15) is 11.6 Å². The maximum atomic E-state index is 14.1. The Morgan fingerprint density at radius 2 is 1.87 bits per heavy atom. The molecule has 1 saturated carbocycles. The maximum Gasteiger partial charge on any atom is 0.296 e. The molecule has 1 aliphatic carbocycles. The molecule has 3 aromatic rings. The molecule has 1 amide bonds. The Balaban J connectivity index is 0.00000353. The highest BCUT2D eigenvalue weighted by Gasteiger charge is 2.26. The van der Waals surface area contributed by atoms with Crippen LogP contribution in [0.1, 0.15) is 37.9 Å². The number of imidazole rings is 1. The molecule has 2 aromatic heterocycles. The number of anilines is 2. The number of carbonyl (C=O) groups is 1. The van der Waals surface area contributed by atoms with Crippen LogP contribution in [0.3, 0.4) is 0 Å². The number of ether oxygens (including phenoxy) is 1. The van der Waals surface area contributed by atoms with E-state index < -0.39 is 6.43 Å². The predicted molar refractivity (Wildman–Crippen MR) is 148 cm³/mol. The van der Waals surface area contributed by atoms with E-state index >= 15 is 0 Å². The van der Waals surface area contributed by atoms with Gasteiger partial charge in [-0.3, -0.25) is 9.36 Å². The van der Waals surface area contributed by atoms with Crippen LogP contribution < -0.4 is 15.5 Å². The van der Waals surface area contributed by atoms with Crippen molar-refractivity contribution in [2.24, 2.45) is 0 Å². The van der Waals surface area contributed by atoms with Crippen LogP contribution in [0.2, 0.25) is 0 Å². The van der Waals surface area contributed by atoms with Crippen molar-refractivity contribution < 1.29 is 18.3 Å². The number of likely N-dealkylation sites (N-methyl/N-ethyl adjacent to an activating group) is 1. The van der Waals surface area contributed by atoms with Crippen LogP contribution in [0.15, 0.2) is 30.3 Å². The smallest absolute Gasteiger partial charge is 0.296 e. The van der Waals surface area contributed by atoms with Crippen LogP contribution in [-0.2, 0) is 9.53 Å². The Kier molecular flexibility index (Phi) is 9.52. The van der Waals surface area contributed by atoms with Crippen molar-refractivity contribution in [2.75, 3.05) is 57.2 Å². The number of alkyl halides is 2. The van der Waals surface area contributed by atoms with Crippen molar-refractivity contribution in [3.63, 3.8) is 0 Å². The Labute approximate surface area is 232 Å². The number of nitrogens with one attached hydrogen (secondary N) is 2. The third-order valence-corrected chi connectivity index (χ3v) is 6.86. The Hall–Kier alpha value is -3.09. The van der Waals surface area contributed by atoms with Crippen molar-refractivity contribution >= 4 is 41.1 Å². The van der Waals surface area contributed by atoms with Crippen LogP contribution in [0.5, 0.6) is 0 Å². The highest BCUT2D eigenvalue weighted by molar-refractivity contribution is 5.85. The lowest BCUT2D eigenvalue weighted by molar-refractivity contribution is -0.122. The maximum absolute atomic E-state index is 14.1. The monoisotopic (exact) mass is 564 g/mol. The van der Waals surface area contributed by atoms with Gasteiger partial charge in [-0.1, -0.05) is 12.1 Å². The summed E-state index contributed by atoms with van der Waals surface area (Å²) in [6.45, 7) is 2.66. The Morgan fingerprint density at radius 1 is 1.13 bits per heavy atom. The van der Waals surface area contributed by atoms with Gasteiger partial charge < -0.3 is 25.2 Å². The zero-order valence-electron chi connectivity index (χ0n) is 22.1. The first-order chi connectivity index (χ1) is 18.4. The minimum atomic E-state index is -2.77. The van der Waals surface area contributed by atoms with E-state index in [1.165, 1.54) is 4.57 Å². The molecule has 212 valence electrons. The fourth-order valence-electron chi connectivity index (χ4n) is 5.17. The van der Waals surface area contributed by atoms with E-state index in [9.17, 15) is 13.6 Å². The standard InChI is InChI=1S/C26H34F2N8O2.ClH/c1-34(2)16-23(37)30-18-7-5-6-17(14-18)29-21-15-22(33-26(32-21)35-10-12-38-13-11-35)36-20-9-4-3-8-19(20)31-25(36)24(27)28;/h3-4,8-9,15,17-18,24H,5-7,10-14,16H2,1-2H3,(H,30,37)(H,29,32,33);1H/t17-,18-;/m0./s1. The molecule has 3 heterocycles. The molecule has 1 saturated heterocycles. The molecule has 0 spiro atoms. The van der Waals surface area contributed by atoms with E-state index in [2.05, 4.69) is 15.6 Å². The summed E-state index contributed by atoms with van der Waals surface area (Å²) in [7, 11) is 3.74. The molecule has 2 atom stereocenters. The minimum absolute atomic E-state index is 0. The number of para-hydroxylation sites is 2. The van der Waals surface area contributed by atoms with Gasteiger partial charge in [-0.2, -0.15) is 9.97 Å². The quantitative estimate of drug-likeness (QED) is 0.429. The van der Waals surface area contributed by atoms with Crippen molar-refractivity contribution in [3.8, 4) is 5.82 Å². The second-order valence-corrected chi connectivity index (χ2v) is 10.1. The van der Waals surface area contributed by atoms with Crippen molar-refractivity contribution in [2.45, 2.75) is 44.2 Å². The van der Waals surface area contributed by atoms with Gasteiger partial charge >= 0.3 is 0 Å². The largest absolute Gasteiger partial charge is 0.378 e. The molecule has 1 aliphatic heterocycles. The average molecular weight is 565 g/mol. The van der Waals surface area contributed by atoms with E-state index in [4.69, 9.17) is 14.7 Å². The number of nitrogens with zero attached hydrogens (tertiary/aromatic N) is 6. The fraction of sp³-hybridized carbons (Fsp3) is 0.538. The molecule has 2 aliphatic rings. The first kappa shape index (κ1) is 28.9. The van der Waals surface area contributed by atoms with Crippen molar-refractivity contribution in [1.82, 2.24) is 29.7 Å². The summed E-state index contributed by atoms with van der Waals surface area (Å²) in [6, 6.07) is 8.90. The van der Waals surface area contributed by atoms with Crippen molar-refractivity contribution in [3.05, 3.63) is 36.2 Å². The van der Waals surface area contributed by atoms with Gasteiger partial charge in [-0.05, 0) is 51.9 Å². The van der Waals surface area contributed by atoms with Gasteiger partial charge in [0.05, 0.1) is 30.8 Å². The first-order valence-electron chi connectivity index (χ1n) is 13.1. The zero-order valence-corrected chi connectivity index (χ0v) is 23.0. The third kappa shape index (κ3) is 6.92. The number of morpholine rings is 1. The van der Waals surface area contributed by atoms with E-state index in [0.717, 1.165) is 25.7 Å². The molecule has 2 fully saturated rings. The highest BCUT2D eigenvalue weighted by Crippen LogP contribution is 2.30. The van der Waals surface area contributed by atoms with Gasteiger partial charge in [0, 0.05) is 31.2 Å². The minimum Gasteiger partial charge on any atom is -0.378 e. The van der Waals surface area contributed by atoms with Crippen molar-refractivity contribution in [1.29, 1.82) is 0 Å². The summed E-state index contributed by atoms with van der Waals surface area (Å²) in [5, 5.41) is 6.64. The molecule has 10 nitrogen and oxygen atoms in total. The van der Waals surface area contributed by atoms with E-state index in [1.807, 2.05) is 23.9 Å². The number of aromatic nitrogens is 4. The number of carbonyl (C=O) groups excluding carboxylic acids is 1. The Bertz CT molecular complexity index is 1270. The van der Waals surface area contributed by atoms with Crippen LogP contribution in [0.25, 0.3) is 16.9 Å². The van der Waals surface area contributed by atoms with Gasteiger partial charge in [0.2, 0.25) is 11.9 Å². The fourth-order valence-corrected chi connectivity index (χ4v) is 5.17. The SMILES string of the molecule is CN(C)CC(=O)N[C@H]1CCC[C@H](Nc2cc(-n3c(C(F)F)nc4ccccc43)nc(N3CCOCC3)n2)C1.Cl. The summed E-state index contributed by atoms with van der Waals surface area (Å²) in [4.78, 5) is 29.8. The number of hydrogen-bond acceptors (Lipinski definition) is 8. The molecule has 2 N–H and O–H groups in total. The van der Waals surface area contributed by atoms with Gasteiger partial charge in [0.15, 0.2) is 5.82 Å². The summed E-state index contributed by atoms with van der Waals surface area (Å²) < 4.78 is 35.1. The van der Waals surface area contributed by atoms with Crippen LogP contribution in [0, 0.1) is 0 Å². The average Bonchev–Trinajstić information content (AvgIpc) is 3.29. The van der Waals surface area contributed by atoms with Crippen LogP contribution >= 0.6 is 12.4 Å².